The van der Waals surface area contributed by atoms with Gasteiger partial charge in [-0.15, -0.1) is 0 Å². The number of aliphatic hydroxyl groups is 1. The number of hydrogen-bond donors (Lipinski definition) is 2. The maximum Gasteiger partial charge on any atom is 0.252 e. The largest absolute Gasteiger partial charge is 0.474 e. The Hall–Kier alpha value is -1.33. The summed E-state index contributed by atoms with van der Waals surface area (Å²) >= 11 is 5.97. The fourth-order valence-corrected chi connectivity index (χ4v) is 1.45. The van der Waals surface area contributed by atoms with E-state index in [1.54, 1.807) is 0 Å². The Morgan fingerprint density at radius 1 is 1.61 bits per heavy atom. The summed E-state index contributed by atoms with van der Waals surface area (Å²) in [5.41, 5.74) is 0.369. The van der Waals surface area contributed by atoms with Crippen molar-refractivity contribution in [2.75, 3.05) is 13.2 Å². The molecule has 0 radical (unpaired) electrons. The normalized spacial score (nSPS) is 10.5. The Bertz CT molecular complexity index is 410. The average molecular weight is 273 g/mol. The first-order chi connectivity index (χ1) is 8.54. The minimum atomic E-state index is -0.269. The second-order valence-electron chi connectivity index (χ2n) is 4.01. The second-order valence-corrected chi connectivity index (χ2v) is 4.42. The van der Waals surface area contributed by atoms with Crippen LogP contribution in [0.25, 0.3) is 0 Å². The van der Waals surface area contributed by atoms with Crippen LogP contribution in [0.15, 0.2) is 12.3 Å². The molecule has 1 aromatic rings. The molecule has 2 N–H and O–H groups in total. The highest BCUT2D eigenvalue weighted by Gasteiger charge is 2.11. The van der Waals surface area contributed by atoms with Crippen molar-refractivity contribution in [2.45, 2.75) is 26.4 Å². The van der Waals surface area contributed by atoms with Gasteiger partial charge < -0.3 is 15.2 Å². The number of nitrogens with one attached hydrogen (secondary N) is 1. The third-order valence-electron chi connectivity index (χ3n) is 2.04. The van der Waals surface area contributed by atoms with Crippen LogP contribution in [0.4, 0.5) is 0 Å². The predicted molar refractivity (Wildman–Crippen MR) is 69.0 cm³/mol. The van der Waals surface area contributed by atoms with Crippen molar-refractivity contribution < 1.29 is 14.6 Å². The van der Waals surface area contributed by atoms with Crippen molar-refractivity contribution in [1.29, 1.82) is 0 Å². The Morgan fingerprint density at radius 3 is 2.89 bits per heavy atom. The minimum Gasteiger partial charge on any atom is -0.474 e. The van der Waals surface area contributed by atoms with E-state index < -0.39 is 0 Å². The fraction of sp³-hybridized carbons (Fsp3) is 0.500. The summed E-state index contributed by atoms with van der Waals surface area (Å²) in [7, 11) is 0. The van der Waals surface area contributed by atoms with Gasteiger partial charge in [-0.05, 0) is 26.3 Å². The Balaban J connectivity index is 2.68. The number of nitrogens with zero attached hydrogens (tertiary/aromatic N) is 1. The van der Waals surface area contributed by atoms with E-state index in [4.69, 9.17) is 21.4 Å². The van der Waals surface area contributed by atoms with Gasteiger partial charge in [-0.25, -0.2) is 4.98 Å². The first-order valence-corrected chi connectivity index (χ1v) is 6.13. The maximum atomic E-state index is 11.7. The zero-order valence-electron chi connectivity index (χ0n) is 10.4. The number of carbonyl (C=O) groups is 1. The first-order valence-electron chi connectivity index (χ1n) is 5.76. The zero-order chi connectivity index (χ0) is 13.5. The van der Waals surface area contributed by atoms with Crippen molar-refractivity contribution in [3.05, 3.63) is 22.8 Å². The van der Waals surface area contributed by atoms with Crippen molar-refractivity contribution in [3.63, 3.8) is 0 Å². The predicted octanol–water partition coefficient (Wildman–Crippen LogP) is 1.63. The maximum absolute atomic E-state index is 11.7. The van der Waals surface area contributed by atoms with Gasteiger partial charge in [-0.1, -0.05) is 11.6 Å². The molecule has 0 atom stereocenters. The topological polar surface area (TPSA) is 71.5 Å². The summed E-state index contributed by atoms with van der Waals surface area (Å²) in [6, 6.07) is 1.51. The molecule has 1 aromatic heterocycles. The lowest BCUT2D eigenvalue weighted by Crippen LogP contribution is -2.25. The lowest BCUT2D eigenvalue weighted by atomic mass is 10.2. The molecule has 0 aliphatic carbocycles. The lowest BCUT2D eigenvalue weighted by molar-refractivity contribution is 0.0950. The smallest absolute Gasteiger partial charge is 0.252 e. The molecule has 1 amide bonds. The van der Waals surface area contributed by atoms with E-state index in [2.05, 4.69) is 10.3 Å². The SMILES string of the molecule is CC(C)Oc1ncc(C(=O)NCCCO)cc1Cl. The number of halogens is 1. The molecule has 0 saturated carbocycles. The summed E-state index contributed by atoms with van der Waals surface area (Å²) in [6.45, 7) is 4.19. The molecule has 0 unspecified atom stereocenters. The highest BCUT2D eigenvalue weighted by atomic mass is 35.5. The molecule has 0 aromatic carbocycles. The molecular weight excluding hydrogens is 256 g/mol. The van der Waals surface area contributed by atoms with E-state index in [-0.39, 0.29) is 18.6 Å². The summed E-state index contributed by atoms with van der Waals surface area (Å²) in [4.78, 5) is 15.7. The van der Waals surface area contributed by atoms with Crippen LogP contribution in [0.1, 0.15) is 30.6 Å². The molecule has 1 rings (SSSR count). The highest BCUT2D eigenvalue weighted by molar-refractivity contribution is 6.32. The number of pyridine rings is 1. The van der Waals surface area contributed by atoms with Crippen LogP contribution in [-0.2, 0) is 0 Å². The van der Waals surface area contributed by atoms with E-state index in [0.717, 1.165) is 0 Å². The van der Waals surface area contributed by atoms with Crippen LogP contribution < -0.4 is 10.1 Å². The average Bonchev–Trinajstić information content (AvgIpc) is 2.31. The number of ether oxygens (including phenoxy) is 1. The fourth-order valence-electron chi connectivity index (χ4n) is 1.24. The number of hydrogen-bond acceptors (Lipinski definition) is 4. The Morgan fingerprint density at radius 2 is 2.33 bits per heavy atom. The third-order valence-corrected chi connectivity index (χ3v) is 2.31. The van der Waals surface area contributed by atoms with Gasteiger partial charge in [0.2, 0.25) is 5.88 Å². The van der Waals surface area contributed by atoms with Crippen LogP contribution in [-0.4, -0.2) is 35.3 Å². The number of amides is 1. The number of aliphatic hydroxyl groups excluding tert-OH is 1. The van der Waals surface area contributed by atoms with Gasteiger partial charge in [0.05, 0.1) is 11.7 Å². The van der Waals surface area contributed by atoms with Crippen molar-refractivity contribution in [3.8, 4) is 5.88 Å². The molecule has 18 heavy (non-hydrogen) atoms. The van der Waals surface area contributed by atoms with Crippen molar-refractivity contribution in [2.24, 2.45) is 0 Å². The summed E-state index contributed by atoms with van der Waals surface area (Å²) < 4.78 is 5.37. The molecule has 0 aliphatic rings. The van der Waals surface area contributed by atoms with E-state index in [1.807, 2.05) is 13.8 Å². The molecule has 0 saturated heterocycles. The van der Waals surface area contributed by atoms with E-state index in [9.17, 15) is 4.79 Å². The standard InChI is InChI=1S/C12H17ClN2O3/c1-8(2)18-12-10(13)6-9(7-15-12)11(17)14-4-3-5-16/h6-8,16H,3-5H2,1-2H3,(H,14,17). The van der Waals surface area contributed by atoms with Gasteiger partial charge >= 0.3 is 0 Å². The molecule has 0 bridgehead atoms. The first kappa shape index (κ1) is 14.7. The monoisotopic (exact) mass is 272 g/mol. The molecule has 0 fully saturated rings. The quantitative estimate of drug-likeness (QED) is 0.772. The van der Waals surface area contributed by atoms with Gasteiger partial charge in [0, 0.05) is 19.3 Å². The second kappa shape index (κ2) is 7.18. The summed E-state index contributed by atoms with van der Waals surface area (Å²) in [5, 5.41) is 11.6. The van der Waals surface area contributed by atoms with E-state index in [1.165, 1.54) is 12.3 Å². The van der Waals surface area contributed by atoms with Gasteiger partial charge in [-0.2, -0.15) is 0 Å². The molecule has 0 spiro atoms. The molecule has 1 heterocycles. The van der Waals surface area contributed by atoms with Crippen LogP contribution in [0.5, 0.6) is 5.88 Å². The number of carbonyl (C=O) groups excluding carboxylic acids is 1. The van der Waals surface area contributed by atoms with Gasteiger partial charge in [0.15, 0.2) is 0 Å². The highest BCUT2D eigenvalue weighted by Crippen LogP contribution is 2.23. The van der Waals surface area contributed by atoms with E-state index in [0.29, 0.717) is 29.4 Å². The summed E-state index contributed by atoms with van der Waals surface area (Å²) in [5.74, 6) is 0.0486. The number of aromatic nitrogens is 1. The minimum absolute atomic E-state index is 0.0285. The molecule has 6 heteroatoms. The van der Waals surface area contributed by atoms with Crippen LogP contribution in [0.2, 0.25) is 5.02 Å². The van der Waals surface area contributed by atoms with Gasteiger partial charge in [0.1, 0.15) is 5.02 Å². The third kappa shape index (κ3) is 4.50. The van der Waals surface area contributed by atoms with Crippen molar-refractivity contribution in [1.82, 2.24) is 10.3 Å². The Labute approximate surface area is 111 Å². The molecule has 100 valence electrons. The number of rotatable bonds is 6. The molecule has 0 aliphatic heterocycles. The Kier molecular flexibility index (Phi) is 5.88. The lowest BCUT2D eigenvalue weighted by Gasteiger charge is -2.11. The van der Waals surface area contributed by atoms with Crippen LogP contribution in [0.3, 0.4) is 0 Å². The van der Waals surface area contributed by atoms with Crippen LogP contribution in [0, 0.1) is 0 Å². The van der Waals surface area contributed by atoms with E-state index >= 15 is 0 Å². The van der Waals surface area contributed by atoms with Crippen LogP contribution >= 0.6 is 11.6 Å². The molecular formula is C12H17ClN2O3. The van der Waals surface area contributed by atoms with Crippen molar-refractivity contribution >= 4 is 17.5 Å². The summed E-state index contributed by atoms with van der Waals surface area (Å²) in [6.07, 6.45) is 1.90. The van der Waals surface area contributed by atoms with Gasteiger partial charge in [0.25, 0.3) is 5.91 Å². The zero-order valence-corrected chi connectivity index (χ0v) is 11.2. The van der Waals surface area contributed by atoms with Gasteiger partial charge in [-0.3, -0.25) is 4.79 Å². The molecule has 5 nitrogen and oxygen atoms in total.